The number of hydrogen-bond donors (Lipinski definition) is 1. The van der Waals surface area contributed by atoms with E-state index in [0.29, 0.717) is 40.3 Å². The molecule has 1 fully saturated rings. The van der Waals surface area contributed by atoms with Gasteiger partial charge in [-0.1, -0.05) is 17.7 Å². The van der Waals surface area contributed by atoms with Crippen molar-refractivity contribution in [3.63, 3.8) is 0 Å². The zero-order valence-electron chi connectivity index (χ0n) is 15.2. The van der Waals surface area contributed by atoms with Crippen LogP contribution in [0.2, 0.25) is 5.02 Å². The molecular weight excluding hydrogens is 364 g/mol. The van der Waals surface area contributed by atoms with Gasteiger partial charge in [-0.15, -0.1) is 0 Å². The summed E-state index contributed by atoms with van der Waals surface area (Å²) in [7, 11) is 1.49. The molecule has 0 atom stereocenters. The van der Waals surface area contributed by atoms with Crippen molar-refractivity contribution in [3.8, 4) is 5.75 Å². The number of benzene rings is 1. The number of rotatable bonds is 5. The quantitative estimate of drug-likeness (QED) is 0.730. The summed E-state index contributed by atoms with van der Waals surface area (Å²) in [6.45, 7) is 2.14. The second-order valence-corrected chi connectivity index (χ2v) is 7.08. The summed E-state index contributed by atoms with van der Waals surface area (Å²) in [5.74, 6) is 2.02. The molecule has 0 spiro atoms. The van der Waals surface area contributed by atoms with E-state index in [4.69, 9.17) is 21.3 Å². The van der Waals surface area contributed by atoms with Crippen LogP contribution in [0.15, 0.2) is 35.1 Å². The zero-order valence-corrected chi connectivity index (χ0v) is 15.9. The summed E-state index contributed by atoms with van der Waals surface area (Å²) in [4.78, 5) is 27.0. The number of nitrogens with zero attached hydrogens (tertiary/aromatic N) is 3. The maximum atomic E-state index is 12.5. The fourth-order valence-electron chi connectivity index (χ4n) is 3.52. The Labute approximate surface area is 162 Å². The van der Waals surface area contributed by atoms with Gasteiger partial charge in [0.2, 0.25) is 0 Å². The van der Waals surface area contributed by atoms with Gasteiger partial charge in [-0.05, 0) is 43.5 Å². The predicted octanol–water partition coefficient (Wildman–Crippen LogP) is 3.37. The maximum absolute atomic E-state index is 12.5. The van der Waals surface area contributed by atoms with E-state index < -0.39 is 0 Å². The van der Waals surface area contributed by atoms with Crippen molar-refractivity contribution >= 4 is 28.3 Å². The van der Waals surface area contributed by atoms with Crippen molar-refractivity contribution in [1.29, 1.82) is 0 Å². The predicted molar refractivity (Wildman–Crippen MR) is 107 cm³/mol. The summed E-state index contributed by atoms with van der Waals surface area (Å²) < 4.78 is 5.26. The summed E-state index contributed by atoms with van der Waals surface area (Å²) in [5.41, 5.74) is 1.33. The van der Waals surface area contributed by atoms with Gasteiger partial charge in [0, 0.05) is 25.2 Å². The van der Waals surface area contributed by atoms with Crippen molar-refractivity contribution in [2.75, 3.05) is 25.1 Å². The summed E-state index contributed by atoms with van der Waals surface area (Å²) >= 11 is 6.11. The molecule has 3 heterocycles. The Hall–Kier alpha value is -2.60. The summed E-state index contributed by atoms with van der Waals surface area (Å²) in [6, 6.07) is 9.55. The lowest BCUT2D eigenvalue weighted by Gasteiger charge is -2.16. The molecule has 1 saturated heterocycles. The van der Waals surface area contributed by atoms with Crippen molar-refractivity contribution in [3.05, 3.63) is 57.2 Å². The topological polar surface area (TPSA) is 71.1 Å². The number of H-pyrrole nitrogens is 1. The number of anilines is 1. The number of fused-ring (bicyclic) bond motifs is 1. The van der Waals surface area contributed by atoms with Crippen molar-refractivity contribution in [1.82, 2.24) is 15.0 Å². The zero-order chi connectivity index (χ0) is 18.8. The van der Waals surface area contributed by atoms with Gasteiger partial charge in [0.1, 0.15) is 17.0 Å². The van der Waals surface area contributed by atoms with Crippen LogP contribution < -0.4 is 15.2 Å². The lowest BCUT2D eigenvalue weighted by molar-refractivity contribution is 0.419. The Morgan fingerprint density at radius 3 is 2.74 bits per heavy atom. The minimum atomic E-state index is -0.242. The number of aryl methyl sites for hydroxylation is 2. The molecule has 2 aromatic heterocycles. The second-order valence-electron chi connectivity index (χ2n) is 6.67. The van der Waals surface area contributed by atoms with Crippen molar-refractivity contribution in [2.45, 2.75) is 25.7 Å². The molecule has 0 bridgehead atoms. The summed E-state index contributed by atoms with van der Waals surface area (Å²) in [5, 5.41) is 0.774. The smallest absolute Gasteiger partial charge is 0.262 e. The Balaban J connectivity index is 1.57. The number of aromatic nitrogens is 3. The molecule has 4 rings (SSSR count). The van der Waals surface area contributed by atoms with Gasteiger partial charge in [0.15, 0.2) is 5.75 Å². The van der Waals surface area contributed by atoms with Gasteiger partial charge < -0.3 is 14.6 Å². The van der Waals surface area contributed by atoms with E-state index in [9.17, 15) is 4.79 Å². The van der Waals surface area contributed by atoms with Crippen LogP contribution in [0.25, 0.3) is 10.9 Å². The third-order valence-electron chi connectivity index (χ3n) is 4.87. The number of methoxy groups -OCH3 is 1. The second kappa shape index (κ2) is 7.56. The highest BCUT2D eigenvalue weighted by molar-refractivity contribution is 6.33. The lowest BCUT2D eigenvalue weighted by Crippen LogP contribution is -2.19. The molecule has 0 saturated carbocycles. The first kappa shape index (κ1) is 17.8. The van der Waals surface area contributed by atoms with E-state index >= 15 is 0 Å². The Bertz CT molecular complexity index is 1030. The number of aromatic amines is 1. The van der Waals surface area contributed by atoms with Gasteiger partial charge >= 0.3 is 0 Å². The molecule has 3 aromatic rings. The molecule has 1 aliphatic heterocycles. The first-order valence-electron chi connectivity index (χ1n) is 9.12. The molecule has 0 radical (unpaired) electrons. The average molecular weight is 385 g/mol. The number of nitrogens with one attached hydrogen (secondary N) is 1. The van der Waals surface area contributed by atoms with Gasteiger partial charge in [-0.3, -0.25) is 4.79 Å². The fraction of sp³-hybridized carbons (Fsp3) is 0.350. The standard InChI is InChI=1S/C20H21ClN4O2/c1-27-19-14(21)8-9-15-18(19)20(26)24-16(23-15)10-7-13-5-4-6-17(22-13)25-11-2-3-12-25/h4-6,8-9H,2-3,7,10-12H2,1H3,(H,23,24,26). The van der Waals surface area contributed by atoms with Crippen LogP contribution in [-0.4, -0.2) is 35.2 Å². The number of hydrogen-bond acceptors (Lipinski definition) is 5. The number of pyridine rings is 1. The molecule has 1 N–H and O–H groups in total. The van der Waals surface area contributed by atoms with Crippen LogP contribution in [0.1, 0.15) is 24.4 Å². The normalized spacial score (nSPS) is 14.1. The maximum Gasteiger partial charge on any atom is 0.262 e. The monoisotopic (exact) mass is 384 g/mol. The Morgan fingerprint density at radius 2 is 1.96 bits per heavy atom. The van der Waals surface area contributed by atoms with Crippen LogP contribution >= 0.6 is 11.6 Å². The Kier molecular flexibility index (Phi) is 4.99. The molecular formula is C20H21ClN4O2. The van der Waals surface area contributed by atoms with E-state index in [2.05, 4.69) is 20.9 Å². The van der Waals surface area contributed by atoms with Gasteiger partial charge in [0.25, 0.3) is 5.56 Å². The van der Waals surface area contributed by atoms with Gasteiger partial charge in [0.05, 0.1) is 17.6 Å². The van der Waals surface area contributed by atoms with Crippen molar-refractivity contribution in [2.24, 2.45) is 0 Å². The van der Waals surface area contributed by atoms with Gasteiger partial charge in [-0.2, -0.15) is 0 Å². The fourth-order valence-corrected chi connectivity index (χ4v) is 3.75. The Morgan fingerprint density at radius 1 is 1.15 bits per heavy atom. The van der Waals surface area contributed by atoms with Crippen LogP contribution in [0.3, 0.4) is 0 Å². The molecule has 6 nitrogen and oxygen atoms in total. The molecule has 0 unspecified atom stereocenters. The largest absolute Gasteiger partial charge is 0.494 e. The van der Waals surface area contributed by atoms with Crippen LogP contribution in [0.5, 0.6) is 5.75 Å². The highest BCUT2D eigenvalue weighted by atomic mass is 35.5. The lowest BCUT2D eigenvalue weighted by atomic mass is 10.2. The molecule has 0 aliphatic carbocycles. The molecule has 27 heavy (non-hydrogen) atoms. The van der Waals surface area contributed by atoms with E-state index in [1.165, 1.54) is 20.0 Å². The van der Waals surface area contributed by atoms with Crippen molar-refractivity contribution < 1.29 is 4.74 Å². The average Bonchev–Trinajstić information content (AvgIpc) is 3.22. The highest BCUT2D eigenvalue weighted by Crippen LogP contribution is 2.30. The number of ether oxygens (including phenoxy) is 1. The van der Waals surface area contributed by atoms with Crippen LogP contribution in [0, 0.1) is 0 Å². The highest BCUT2D eigenvalue weighted by Gasteiger charge is 2.15. The molecule has 0 amide bonds. The number of halogens is 1. The van der Waals surface area contributed by atoms with Crippen LogP contribution in [-0.2, 0) is 12.8 Å². The SMILES string of the molecule is COc1c(Cl)ccc2nc(CCc3cccc(N4CCCC4)n3)[nH]c(=O)c12. The minimum absolute atomic E-state index is 0.242. The first-order chi connectivity index (χ1) is 13.2. The van der Waals surface area contributed by atoms with E-state index in [1.807, 2.05) is 12.1 Å². The third-order valence-corrected chi connectivity index (χ3v) is 5.17. The summed E-state index contributed by atoms with van der Waals surface area (Å²) in [6.07, 6.45) is 3.76. The van der Waals surface area contributed by atoms with E-state index in [0.717, 1.165) is 24.6 Å². The van der Waals surface area contributed by atoms with E-state index in [1.54, 1.807) is 12.1 Å². The molecule has 1 aliphatic rings. The molecule has 7 heteroatoms. The van der Waals surface area contributed by atoms with E-state index in [-0.39, 0.29) is 5.56 Å². The first-order valence-corrected chi connectivity index (χ1v) is 9.50. The van der Waals surface area contributed by atoms with Crippen LogP contribution in [0.4, 0.5) is 5.82 Å². The minimum Gasteiger partial charge on any atom is -0.494 e. The van der Waals surface area contributed by atoms with Gasteiger partial charge in [-0.25, -0.2) is 9.97 Å². The third kappa shape index (κ3) is 3.62. The molecule has 1 aromatic carbocycles. The molecule has 140 valence electrons.